The summed E-state index contributed by atoms with van der Waals surface area (Å²) < 4.78 is 2.95. The highest BCUT2D eigenvalue weighted by molar-refractivity contribution is 9.14. The summed E-state index contributed by atoms with van der Waals surface area (Å²) in [6.45, 7) is 0. The normalized spacial score (nSPS) is 12.5. The van der Waals surface area contributed by atoms with E-state index in [0.717, 1.165) is 69.4 Å². The molecule has 0 atom stereocenters. The molecule has 0 saturated heterocycles. The van der Waals surface area contributed by atoms with Crippen LogP contribution in [0.2, 0.25) is 0 Å². The van der Waals surface area contributed by atoms with Crippen molar-refractivity contribution in [3.8, 4) is 11.1 Å². The smallest absolute Gasteiger partial charge is 0.0658 e. The topological polar surface area (TPSA) is 57.4 Å². The third kappa shape index (κ3) is 4.05. The van der Waals surface area contributed by atoms with Crippen molar-refractivity contribution in [2.75, 3.05) is 0 Å². The summed E-state index contributed by atoms with van der Waals surface area (Å²) in [4.78, 5) is 16.5. The standard InChI is InChI=1S/C26H15Br3N4/c27-23-8-7-21(25(28)26(23)29)22-12-20-11-18-4-3-16(31-18)9-14-1-2-15(30-14)10-17-5-6-19(32-17)13-24(22)33-20/h1-13,30,33H. The molecular formula is C26H15Br3N4. The first kappa shape index (κ1) is 20.8. The van der Waals surface area contributed by atoms with Gasteiger partial charge in [0.25, 0.3) is 0 Å². The van der Waals surface area contributed by atoms with Crippen molar-refractivity contribution in [2.24, 2.45) is 0 Å². The number of nitrogens with one attached hydrogen (secondary N) is 2. The first-order chi connectivity index (χ1) is 16.0. The molecule has 2 aliphatic heterocycles. The molecule has 2 aliphatic rings. The largest absolute Gasteiger partial charge is 0.355 e. The van der Waals surface area contributed by atoms with Gasteiger partial charge in [-0.1, -0.05) is 6.07 Å². The summed E-state index contributed by atoms with van der Waals surface area (Å²) in [5.41, 5.74) is 9.72. The quantitative estimate of drug-likeness (QED) is 0.180. The van der Waals surface area contributed by atoms with Gasteiger partial charge in [-0.3, -0.25) is 0 Å². The van der Waals surface area contributed by atoms with E-state index in [1.165, 1.54) is 0 Å². The predicted molar refractivity (Wildman–Crippen MR) is 147 cm³/mol. The SMILES string of the molecule is Brc1ccc(-c2cc3cc4nc(cc5ccc(cc6nc(cc2[nH]3)C=C6)[nH]5)C=C4)c(Br)c1Br. The molecule has 0 amide bonds. The summed E-state index contributed by atoms with van der Waals surface area (Å²) in [6.07, 6.45) is 8.12. The molecule has 0 fully saturated rings. The second-order valence-corrected chi connectivity index (χ2v) is 10.3. The lowest BCUT2D eigenvalue weighted by Crippen LogP contribution is -1.82. The van der Waals surface area contributed by atoms with Crippen LogP contribution in [0, 0.1) is 0 Å². The van der Waals surface area contributed by atoms with Crippen molar-refractivity contribution in [1.82, 2.24) is 19.9 Å². The first-order valence-electron chi connectivity index (χ1n) is 10.2. The number of hydrogen-bond donors (Lipinski definition) is 2. The zero-order chi connectivity index (χ0) is 22.5. The predicted octanol–water partition coefficient (Wildman–Crippen LogP) is 8.61. The fraction of sp³-hybridized carbons (Fsp3) is 0. The molecule has 5 heterocycles. The Balaban J connectivity index is 1.68. The van der Waals surface area contributed by atoms with Gasteiger partial charge >= 0.3 is 0 Å². The Bertz CT molecular complexity index is 1660. The van der Waals surface area contributed by atoms with Crippen molar-refractivity contribution in [3.05, 3.63) is 90.8 Å². The summed E-state index contributed by atoms with van der Waals surface area (Å²) in [5, 5.41) is 0. The van der Waals surface area contributed by atoms with Gasteiger partial charge in [-0.25, -0.2) is 9.97 Å². The lowest BCUT2D eigenvalue weighted by atomic mass is 10.1. The van der Waals surface area contributed by atoms with Crippen LogP contribution in [0.3, 0.4) is 0 Å². The van der Waals surface area contributed by atoms with Gasteiger partial charge in [0.15, 0.2) is 0 Å². The van der Waals surface area contributed by atoms with E-state index >= 15 is 0 Å². The van der Waals surface area contributed by atoms with Crippen LogP contribution >= 0.6 is 47.8 Å². The van der Waals surface area contributed by atoms with E-state index in [1.807, 2.05) is 42.5 Å². The average Bonchev–Trinajstić information content (AvgIpc) is 3.58. The second kappa shape index (κ2) is 8.24. The molecule has 2 N–H and O–H groups in total. The number of nitrogens with zero attached hydrogens (tertiary/aromatic N) is 2. The molecule has 0 spiro atoms. The number of hydrogen-bond acceptors (Lipinski definition) is 2. The molecule has 0 saturated carbocycles. The van der Waals surface area contributed by atoms with Gasteiger partial charge in [-0.2, -0.15) is 0 Å². The van der Waals surface area contributed by atoms with E-state index in [9.17, 15) is 0 Å². The van der Waals surface area contributed by atoms with Crippen LogP contribution in [0.1, 0.15) is 22.8 Å². The summed E-state index contributed by atoms with van der Waals surface area (Å²) >= 11 is 11.0. The molecule has 160 valence electrons. The van der Waals surface area contributed by atoms with Gasteiger partial charge in [0.1, 0.15) is 0 Å². The zero-order valence-electron chi connectivity index (χ0n) is 17.0. The molecule has 0 unspecified atom stereocenters. The Morgan fingerprint density at radius 2 is 1.09 bits per heavy atom. The Labute approximate surface area is 214 Å². The summed E-state index contributed by atoms with van der Waals surface area (Å²) in [7, 11) is 0. The van der Waals surface area contributed by atoms with Crippen LogP contribution < -0.4 is 0 Å². The maximum absolute atomic E-state index is 4.79. The molecule has 4 nitrogen and oxygen atoms in total. The summed E-state index contributed by atoms with van der Waals surface area (Å²) in [6, 6.07) is 18.6. The van der Waals surface area contributed by atoms with Crippen molar-refractivity contribution < 1.29 is 0 Å². The minimum atomic E-state index is 0.891. The maximum atomic E-state index is 4.79. The Morgan fingerprint density at radius 3 is 1.73 bits per heavy atom. The molecular weight excluding hydrogens is 608 g/mol. The minimum absolute atomic E-state index is 0.891. The van der Waals surface area contributed by atoms with Crippen LogP contribution in [-0.4, -0.2) is 19.9 Å². The molecule has 8 bridgehead atoms. The van der Waals surface area contributed by atoms with Gasteiger partial charge in [-0.05, 0) is 126 Å². The lowest BCUT2D eigenvalue weighted by Gasteiger charge is -2.07. The number of aromatic amines is 2. The first-order valence-corrected chi connectivity index (χ1v) is 12.6. The number of halogens is 3. The molecule has 6 rings (SSSR count). The molecule has 0 aliphatic carbocycles. The fourth-order valence-electron chi connectivity index (χ4n) is 3.97. The van der Waals surface area contributed by atoms with Crippen LogP contribution in [0.5, 0.6) is 0 Å². The van der Waals surface area contributed by atoms with Gasteiger partial charge in [0.2, 0.25) is 0 Å². The second-order valence-electron chi connectivity index (χ2n) is 7.81. The molecule has 3 aromatic heterocycles. The molecule has 4 aromatic rings. The van der Waals surface area contributed by atoms with Gasteiger partial charge in [0, 0.05) is 41.0 Å². The van der Waals surface area contributed by atoms with Gasteiger partial charge in [0.05, 0.1) is 22.8 Å². The Morgan fingerprint density at radius 1 is 0.515 bits per heavy atom. The van der Waals surface area contributed by atoms with Crippen molar-refractivity contribution in [1.29, 1.82) is 0 Å². The maximum Gasteiger partial charge on any atom is 0.0658 e. The highest BCUT2D eigenvalue weighted by Gasteiger charge is 2.13. The van der Waals surface area contributed by atoms with Crippen molar-refractivity contribution >= 4 is 94.2 Å². The summed E-state index contributed by atoms with van der Waals surface area (Å²) in [5.74, 6) is 0. The van der Waals surface area contributed by atoms with Crippen LogP contribution in [0.25, 0.3) is 57.5 Å². The fourth-order valence-corrected chi connectivity index (χ4v) is 5.48. The van der Waals surface area contributed by atoms with Gasteiger partial charge in [-0.15, -0.1) is 0 Å². The zero-order valence-corrected chi connectivity index (χ0v) is 21.8. The van der Waals surface area contributed by atoms with Crippen LogP contribution in [0.4, 0.5) is 0 Å². The third-order valence-corrected chi connectivity index (χ3v) is 8.87. The van der Waals surface area contributed by atoms with Gasteiger partial charge < -0.3 is 9.97 Å². The number of aromatic nitrogens is 4. The lowest BCUT2D eigenvalue weighted by molar-refractivity contribution is 1.31. The van der Waals surface area contributed by atoms with E-state index in [0.29, 0.717) is 0 Å². The monoisotopic (exact) mass is 620 g/mol. The highest BCUT2D eigenvalue weighted by Crippen LogP contribution is 2.40. The van der Waals surface area contributed by atoms with E-state index in [-0.39, 0.29) is 0 Å². The van der Waals surface area contributed by atoms with Crippen molar-refractivity contribution in [3.63, 3.8) is 0 Å². The third-order valence-electron chi connectivity index (χ3n) is 5.49. The highest BCUT2D eigenvalue weighted by atomic mass is 79.9. The minimum Gasteiger partial charge on any atom is -0.355 e. The number of H-pyrrole nitrogens is 2. The molecule has 0 radical (unpaired) electrons. The molecule has 7 heteroatoms. The van der Waals surface area contributed by atoms with E-state index in [1.54, 1.807) is 0 Å². The van der Waals surface area contributed by atoms with E-state index in [4.69, 9.17) is 9.97 Å². The molecule has 33 heavy (non-hydrogen) atoms. The number of rotatable bonds is 1. The Kier molecular flexibility index (Phi) is 5.20. The van der Waals surface area contributed by atoms with Crippen molar-refractivity contribution in [2.45, 2.75) is 0 Å². The van der Waals surface area contributed by atoms with Crippen LogP contribution in [0.15, 0.2) is 68.0 Å². The van der Waals surface area contributed by atoms with E-state index in [2.05, 4.69) is 94.2 Å². The average molecular weight is 623 g/mol. The van der Waals surface area contributed by atoms with E-state index < -0.39 is 0 Å². The Hall–Kier alpha value is -2.74. The molecule has 1 aromatic carbocycles. The number of benzene rings is 1. The van der Waals surface area contributed by atoms with Crippen LogP contribution in [-0.2, 0) is 0 Å². The number of fused-ring (bicyclic) bond motifs is 8.